The number of rotatable bonds is 7. The number of nitrogens with one attached hydrogen (secondary N) is 2. The number of carbonyl (C=O) groups excluding carboxylic acids is 3. The van der Waals surface area contributed by atoms with Gasteiger partial charge in [-0.3, -0.25) is 9.59 Å². The molecule has 1 atom stereocenters. The predicted molar refractivity (Wildman–Crippen MR) is 115 cm³/mol. The van der Waals surface area contributed by atoms with E-state index in [1.165, 1.54) is 23.1 Å². The largest absolute Gasteiger partial charge is 0.508 e. The highest BCUT2D eigenvalue weighted by atomic mass is 16.6. The van der Waals surface area contributed by atoms with Crippen LogP contribution in [0.15, 0.2) is 36.9 Å². The number of alkyl carbamates (subject to hydrolysis) is 1. The maximum absolute atomic E-state index is 13.1. The summed E-state index contributed by atoms with van der Waals surface area (Å²) >= 11 is 0. The monoisotopic (exact) mass is 419 g/mol. The van der Waals surface area contributed by atoms with Crippen LogP contribution in [0.3, 0.4) is 0 Å². The standard InChI is InChI=1S/C22H33N3O5/c1-8-12-25(17(27)14-23-20(29)30-22(5,6)7)18(19(28)24-21(2,3)4)15-10-9-11-16(26)13-15/h8-11,13,18,26H,1,12,14H2,2-7H3,(H,23,29)(H,24,28). The maximum atomic E-state index is 13.1. The third-order valence-electron chi connectivity index (χ3n) is 3.67. The van der Waals surface area contributed by atoms with Crippen molar-refractivity contribution in [3.05, 3.63) is 42.5 Å². The zero-order chi connectivity index (χ0) is 23.1. The van der Waals surface area contributed by atoms with Crippen LogP contribution in [0.2, 0.25) is 0 Å². The van der Waals surface area contributed by atoms with Crippen molar-refractivity contribution in [1.29, 1.82) is 0 Å². The Kier molecular flexibility index (Phi) is 8.45. The van der Waals surface area contributed by atoms with Crippen LogP contribution < -0.4 is 10.6 Å². The van der Waals surface area contributed by atoms with Crippen LogP contribution in [0.5, 0.6) is 5.75 Å². The number of phenolic OH excluding ortho intramolecular Hbond substituents is 1. The summed E-state index contributed by atoms with van der Waals surface area (Å²) in [5.74, 6) is -0.947. The molecule has 8 nitrogen and oxygen atoms in total. The van der Waals surface area contributed by atoms with Crippen molar-refractivity contribution in [2.75, 3.05) is 13.1 Å². The summed E-state index contributed by atoms with van der Waals surface area (Å²) < 4.78 is 5.15. The molecule has 3 amide bonds. The normalized spacial score (nSPS) is 12.5. The Morgan fingerprint density at radius 3 is 2.33 bits per heavy atom. The first-order chi connectivity index (χ1) is 13.7. The number of hydrogen-bond acceptors (Lipinski definition) is 5. The van der Waals surface area contributed by atoms with Gasteiger partial charge in [0.2, 0.25) is 11.8 Å². The molecule has 1 aromatic rings. The second-order valence-corrected chi connectivity index (χ2v) is 8.93. The average molecular weight is 420 g/mol. The number of amides is 3. The van der Waals surface area contributed by atoms with Gasteiger partial charge in [0.05, 0.1) is 0 Å². The molecule has 0 spiro atoms. The molecule has 30 heavy (non-hydrogen) atoms. The van der Waals surface area contributed by atoms with Gasteiger partial charge in [0, 0.05) is 12.1 Å². The molecule has 0 fully saturated rings. The van der Waals surface area contributed by atoms with Gasteiger partial charge in [-0.25, -0.2) is 4.79 Å². The van der Waals surface area contributed by atoms with Crippen LogP contribution in [0.25, 0.3) is 0 Å². The first-order valence-electron chi connectivity index (χ1n) is 9.71. The molecule has 0 bridgehead atoms. The Hall–Kier alpha value is -3.03. The van der Waals surface area contributed by atoms with E-state index in [2.05, 4.69) is 17.2 Å². The number of carbonyl (C=O) groups is 3. The van der Waals surface area contributed by atoms with E-state index in [0.717, 1.165) is 0 Å². The number of hydrogen-bond donors (Lipinski definition) is 3. The van der Waals surface area contributed by atoms with Crippen LogP contribution in [0.4, 0.5) is 4.79 Å². The van der Waals surface area contributed by atoms with Gasteiger partial charge in [-0.05, 0) is 59.2 Å². The summed E-state index contributed by atoms with van der Waals surface area (Å²) in [7, 11) is 0. The summed E-state index contributed by atoms with van der Waals surface area (Å²) in [6.07, 6.45) is 0.758. The van der Waals surface area contributed by atoms with Gasteiger partial charge < -0.3 is 25.4 Å². The van der Waals surface area contributed by atoms with Gasteiger partial charge in [0.15, 0.2) is 0 Å². The second kappa shape index (κ2) is 10.1. The zero-order valence-corrected chi connectivity index (χ0v) is 18.6. The lowest BCUT2D eigenvalue weighted by atomic mass is 10.0. The van der Waals surface area contributed by atoms with Gasteiger partial charge in [-0.15, -0.1) is 6.58 Å². The highest BCUT2D eigenvalue weighted by Crippen LogP contribution is 2.25. The zero-order valence-electron chi connectivity index (χ0n) is 18.6. The molecule has 0 aliphatic heterocycles. The number of benzene rings is 1. The summed E-state index contributed by atoms with van der Waals surface area (Å²) in [5.41, 5.74) is -0.807. The van der Waals surface area contributed by atoms with Crippen LogP contribution in [0.1, 0.15) is 53.1 Å². The molecule has 0 aliphatic rings. The van der Waals surface area contributed by atoms with Crippen LogP contribution >= 0.6 is 0 Å². The fraction of sp³-hybridized carbons (Fsp3) is 0.500. The Balaban J connectivity index is 3.17. The van der Waals surface area contributed by atoms with Crippen molar-refractivity contribution in [2.24, 2.45) is 0 Å². The fourth-order valence-electron chi connectivity index (χ4n) is 2.66. The molecule has 1 aromatic carbocycles. The molecule has 1 rings (SSSR count). The lowest BCUT2D eigenvalue weighted by molar-refractivity contribution is -0.140. The SMILES string of the molecule is C=CCN(C(=O)CNC(=O)OC(C)(C)C)C(C(=O)NC(C)(C)C)c1cccc(O)c1. The van der Waals surface area contributed by atoms with E-state index in [4.69, 9.17) is 4.74 Å². The Morgan fingerprint density at radius 1 is 1.20 bits per heavy atom. The number of phenols is 1. The Bertz CT molecular complexity index is 778. The average Bonchev–Trinajstić information content (AvgIpc) is 2.56. The molecule has 0 aromatic heterocycles. The molecule has 8 heteroatoms. The van der Waals surface area contributed by atoms with Gasteiger partial charge >= 0.3 is 6.09 Å². The molecule has 0 aliphatic carbocycles. The van der Waals surface area contributed by atoms with Crippen LogP contribution in [0, 0.1) is 0 Å². The van der Waals surface area contributed by atoms with E-state index in [1.807, 2.05) is 20.8 Å². The molecule has 166 valence electrons. The van der Waals surface area contributed by atoms with E-state index in [9.17, 15) is 19.5 Å². The quantitative estimate of drug-likeness (QED) is 0.589. The van der Waals surface area contributed by atoms with Gasteiger partial charge in [-0.2, -0.15) is 0 Å². The number of nitrogens with zero attached hydrogens (tertiary/aromatic N) is 1. The van der Waals surface area contributed by atoms with E-state index < -0.39 is 35.1 Å². The third kappa shape index (κ3) is 8.55. The lowest BCUT2D eigenvalue weighted by Crippen LogP contribution is -2.51. The van der Waals surface area contributed by atoms with Crippen molar-refractivity contribution in [1.82, 2.24) is 15.5 Å². The first kappa shape index (κ1) is 25.0. The minimum Gasteiger partial charge on any atom is -0.508 e. The van der Waals surface area contributed by atoms with Crippen LogP contribution in [-0.4, -0.2) is 52.1 Å². The predicted octanol–water partition coefficient (Wildman–Crippen LogP) is 2.89. The molecule has 0 saturated heterocycles. The minimum absolute atomic E-state index is 0.0288. The van der Waals surface area contributed by atoms with Crippen molar-refractivity contribution in [3.8, 4) is 5.75 Å². The molecule has 0 heterocycles. The molecular formula is C22H33N3O5. The first-order valence-corrected chi connectivity index (χ1v) is 9.71. The number of ether oxygens (including phenoxy) is 1. The van der Waals surface area contributed by atoms with E-state index in [-0.39, 0.29) is 18.8 Å². The Morgan fingerprint density at radius 2 is 1.83 bits per heavy atom. The molecule has 1 unspecified atom stereocenters. The molecule has 0 radical (unpaired) electrons. The van der Waals surface area contributed by atoms with Gasteiger partial charge in [0.25, 0.3) is 0 Å². The summed E-state index contributed by atoms with van der Waals surface area (Å²) in [4.78, 5) is 39.2. The van der Waals surface area contributed by atoms with Crippen LogP contribution in [-0.2, 0) is 14.3 Å². The molecular weight excluding hydrogens is 386 g/mol. The second-order valence-electron chi connectivity index (χ2n) is 8.93. The van der Waals surface area contributed by atoms with Gasteiger partial charge in [0.1, 0.15) is 23.9 Å². The highest BCUT2D eigenvalue weighted by molar-refractivity contribution is 5.90. The van der Waals surface area contributed by atoms with Crippen molar-refractivity contribution >= 4 is 17.9 Å². The summed E-state index contributed by atoms with van der Waals surface area (Å²) in [6.45, 7) is 14.0. The Labute approximate surface area is 178 Å². The summed E-state index contributed by atoms with van der Waals surface area (Å²) in [5, 5.41) is 15.2. The van der Waals surface area contributed by atoms with Gasteiger partial charge in [-0.1, -0.05) is 18.2 Å². The van der Waals surface area contributed by atoms with E-state index >= 15 is 0 Å². The molecule has 3 N–H and O–H groups in total. The summed E-state index contributed by atoms with van der Waals surface area (Å²) in [6, 6.07) is 5.13. The van der Waals surface area contributed by atoms with E-state index in [0.29, 0.717) is 5.56 Å². The molecule has 0 saturated carbocycles. The van der Waals surface area contributed by atoms with Crippen molar-refractivity contribution in [3.63, 3.8) is 0 Å². The van der Waals surface area contributed by atoms with E-state index in [1.54, 1.807) is 32.9 Å². The smallest absolute Gasteiger partial charge is 0.408 e. The van der Waals surface area contributed by atoms with Crippen molar-refractivity contribution < 1.29 is 24.2 Å². The number of aromatic hydroxyl groups is 1. The fourth-order valence-corrected chi connectivity index (χ4v) is 2.66. The minimum atomic E-state index is -1.03. The third-order valence-corrected chi connectivity index (χ3v) is 3.67. The topological polar surface area (TPSA) is 108 Å². The highest BCUT2D eigenvalue weighted by Gasteiger charge is 2.33. The lowest BCUT2D eigenvalue weighted by Gasteiger charge is -2.33. The maximum Gasteiger partial charge on any atom is 0.408 e. The van der Waals surface area contributed by atoms with Crippen molar-refractivity contribution in [2.45, 2.75) is 58.7 Å².